The Morgan fingerprint density at radius 1 is 1.43 bits per heavy atom. The molecule has 0 aromatic heterocycles. The van der Waals surface area contributed by atoms with Gasteiger partial charge in [0.2, 0.25) is 0 Å². The van der Waals surface area contributed by atoms with Crippen LogP contribution >= 0.6 is 0 Å². The lowest BCUT2D eigenvalue weighted by molar-refractivity contribution is -0.148. The lowest BCUT2D eigenvalue weighted by Crippen LogP contribution is -2.49. The standard InChI is InChI=1S/C9H15NO4/c1-4-9(8(13)14,10(2)3)6-5-7(11)12/h4H,1,5-6H2,2-3H3,(H,11,12)(H,13,14)/t9-/m0/s1. The summed E-state index contributed by atoms with van der Waals surface area (Å²) in [7, 11) is 3.16. The van der Waals surface area contributed by atoms with Gasteiger partial charge in [-0.25, -0.2) is 4.79 Å². The minimum Gasteiger partial charge on any atom is -0.481 e. The first-order valence-corrected chi connectivity index (χ1v) is 4.13. The number of hydrogen-bond donors (Lipinski definition) is 2. The molecule has 0 aliphatic rings. The van der Waals surface area contributed by atoms with Crippen molar-refractivity contribution in [1.29, 1.82) is 0 Å². The van der Waals surface area contributed by atoms with Crippen LogP contribution in [0.1, 0.15) is 12.8 Å². The summed E-state index contributed by atoms with van der Waals surface area (Å²) in [6, 6.07) is 0. The molecule has 0 heterocycles. The smallest absolute Gasteiger partial charge is 0.328 e. The summed E-state index contributed by atoms with van der Waals surface area (Å²) < 4.78 is 0. The predicted molar refractivity (Wildman–Crippen MR) is 51.1 cm³/mol. The number of hydrogen-bond acceptors (Lipinski definition) is 3. The Balaban J connectivity index is 4.77. The van der Waals surface area contributed by atoms with Gasteiger partial charge < -0.3 is 10.2 Å². The highest BCUT2D eigenvalue weighted by atomic mass is 16.4. The number of rotatable bonds is 6. The number of carboxylic acid groups (broad SMARTS) is 2. The SMILES string of the molecule is C=C[C@](CCC(=O)O)(C(=O)O)N(C)C. The molecule has 0 fully saturated rings. The van der Waals surface area contributed by atoms with Crippen LogP contribution in [0.15, 0.2) is 12.7 Å². The van der Waals surface area contributed by atoms with E-state index in [0.717, 1.165) is 0 Å². The van der Waals surface area contributed by atoms with Gasteiger partial charge in [0.25, 0.3) is 0 Å². The molecule has 80 valence electrons. The lowest BCUT2D eigenvalue weighted by Gasteiger charge is -2.32. The van der Waals surface area contributed by atoms with Crippen molar-refractivity contribution in [3.63, 3.8) is 0 Å². The summed E-state index contributed by atoms with van der Waals surface area (Å²) in [5.41, 5.74) is -1.29. The zero-order chi connectivity index (χ0) is 11.4. The van der Waals surface area contributed by atoms with Crippen molar-refractivity contribution in [3.05, 3.63) is 12.7 Å². The first kappa shape index (κ1) is 12.6. The second kappa shape index (κ2) is 4.76. The van der Waals surface area contributed by atoms with Crippen molar-refractivity contribution >= 4 is 11.9 Å². The molecule has 0 bridgehead atoms. The largest absolute Gasteiger partial charge is 0.481 e. The van der Waals surface area contributed by atoms with Gasteiger partial charge >= 0.3 is 11.9 Å². The summed E-state index contributed by atoms with van der Waals surface area (Å²) in [5, 5.41) is 17.5. The monoisotopic (exact) mass is 201 g/mol. The minimum absolute atomic E-state index is 0.00810. The topological polar surface area (TPSA) is 77.8 Å². The molecule has 0 saturated carbocycles. The molecular formula is C9H15NO4. The van der Waals surface area contributed by atoms with Gasteiger partial charge in [0.15, 0.2) is 0 Å². The van der Waals surface area contributed by atoms with E-state index < -0.39 is 17.5 Å². The van der Waals surface area contributed by atoms with E-state index in [1.807, 2.05) is 0 Å². The maximum absolute atomic E-state index is 11.0. The van der Waals surface area contributed by atoms with Crippen LogP contribution in [0.2, 0.25) is 0 Å². The fourth-order valence-electron chi connectivity index (χ4n) is 1.19. The van der Waals surface area contributed by atoms with E-state index in [1.165, 1.54) is 11.0 Å². The van der Waals surface area contributed by atoms with Gasteiger partial charge in [-0.15, -0.1) is 6.58 Å². The number of aliphatic carboxylic acids is 2. The van der Waals surface area contributed by atoms with Gasteiger partial charge in [-0.1, -0.05) is 6.08 Å². The second-order valence-electron chi connectivity index (χ2n) is 3.22. The van der Waals surface area contributed by atoms with Gasteiger partial charge in [-0.2, -0.15) is 0 Å². The molecule has 5 nitrogen and oxygen atoms in total. The third-order valence-electron chi connectivity index (χ3n) is 2.23. The van der Waals surface area contributed by atoms with Crippen molar-refractivity contribution in [1.82, 2.24) is 4.90 Å². The zero-order valence-electron chi connectivity index (χ0n) is 8.36. The first-order valence-electron chi connectivity index (χ1n) is 4.13. The molecule has 0 aliphatic heterocycles. The van der Waals surface area contributed by atoms with E-state index in [-0.39, 0.29) is 12.8 Å². The number of carbonyl (C=O) groups is 2. The molecule has 0 rings (SSSR count). The first-order chi connectivity index (χ1) is 6.36. The highest BCUT2D eigenvalue weighted by Crippen LogP contribution is 2.20. The van der Waals surface area contributed by atoms with Crippen molar-refractivity contribution in [2.45, 2.75) is 18.4 Å². The molecule has 0 aromatic rings. The summed E-state index contributed by atoms with van der Waals surface area (Å²) in [6.07, 6.45) is 1.07. The molecule has 0 radical (unpaired) electrons. The number of carboxylic acids is 2. The molecular weight excluding hydrogens is 186 g/mol. The van der Waals surface area contributed by atoms with Crippen LogP contribution in [0.3, 0.4) is 0 Å². The minimum atomic E-state index is -1.29. The van der Waals surface area contributed by atoms with Crippen LogP contribution in [0.25, 0.3) is 0 Å². The molecule has 1 atom stereocenters. The second-order valence-corrected chi connectivity index (χ2v) is 3.22. The van der Waals surface area contributed by atoms with Crippen LogP contribution in [0.4, 0.5) is 0 Å². The zero-order valence-corrected chi connectivity index (χ0v) is 8.36. The summed E-state index contributed by atoms with van der Waals surface area (Å²) in [5.74, 6) is -2.10. The van der Waals surface area contributed by atoms with Crippen LogP contribution in [0.5, 0.6) is 0 Å². The van der Waals surface area contributed by atoms with E-state index >= 15 is 0 Å². The Hall–Kier alpha value is -1.36. The quantitative estimate of drug-likeness (QED) is 0.609. The molecule has 14 heavy (non-hydrogen) atoms. The molecule has 0 saturated heterocycles. The third kappa shape index (κ3) is 2.56. The fraction of sp³-hybridized carbons (Fsp3) is 0.556. The van der Waals surface area contributed by atoms with Crippen LogP contribution in [-0.4, -0.2) is 46.7 Å². The van der Waals surface area contributed by atoms with E-state index in [1.54, 1.807) is 14.1 Å². The molecule has 0 amide bonds. The number of nitrogens with zero attached hydrogens (tertiary/aromatic N) is 1. The van der Waals surface area contributed by atoms with E-state index in [2.05, 4.69) is 6.58 Å². The van der Waals surface area contributed by atoms with Gasteiger partial charge in [-0.3, -0.25) is 9.69 Å². The van der Waals surface area contributed by atoms with Gasteiger partial charge in [0, 0.05) is 6.42 Å². The van der Waals surface area contributed by atoms with Crippen molar-refractivity contribution in [2.75, 3.05) is 14.1 Å². The molecule has 0 aliphatic carbocycles. The van der Waals surface area contributed by atoms with Gasteiger partial charge in [0.1, 0.15) is 5.54 Å². The summed E-state index contributed by atoms with van der Waals surface area (Å²) >= 11 is 0. The van der Waals surface area contributed by atoms with Gasteiger partial charge in [0.05, 0.1) is 0 Å². The van der Waals surface area contributed by atoms with Crippen LogP contribution < -0.4 is 0 Å². The molecule has 0 unspecified atom stereocenters. The number of likely N-dealkylation sites (N-methyl/N-ethyl adjacent to an activating group) is 1. The Bertz CT molecular complexity index is 249. The highest BCUT2D eigenvalue weighted by Gasteiger charge is 2.37. The molecule has 5 heteroatoms. The summed E-state index contributed by atoms with van der Waals surface area (Å²) in [4.78, 5) is 22.8. The van der Waals surface area contributed by atoms with Gasteiger partial charge in [-0.05, 0) is 20.5 Å². The highest BCUT2D eigenvalue weighted by molar-refractivity contribution is 5.82. The molecule has 0 aromatic carbocycles. The average molecular weight is 201 g/mol. The Morgan fingerprint density at radius 2 is 1.93 bits per heavy atom. The maximum atomic E-state index is 11.0. The third-order valence-corrected chi connectivity index (χ3v) is 2.23. The normalized spacial score (nSPS) is 14.8. The Kier molecular flexibility index (Phi) is 4.30. The Morgan fingerprint density at radius 3 is 2.14 bits per heavy atom. The maximum Gasteiger partial charge on any atom is 0.328 e. The predicted octanol–water partition coefficient (Wildman–Crippen LogP) is 0.422. The van der Waals surface area contributed by atoms with E-state index in [0.29, 0.717) is 0 Å². The van der Waals surface area contributed by atoms with E-state index in [4.69, 9.17) is 10.2 Å². The fourth-order valence-corrected chi connectivity index (χ4v) is 1.19. The van der Waals surface area contributed by atoms with Crippen molar-refractivity contribution < 1.29 is 19.8 Å². The van der Waals surface area contributed by atoms with Crippen LogP contribution in [-0.2, 0) is 9.59 Å². The van der Waals surface area contributed by atoms with E-state index in [9.17, 15) is 9.59 Å². The molecule has 0 spiro atoms. The van der Waals surface area contributed by atoms with Crippen molar-refractivity contribution in [2.24, 2.45) is 0 Å². The average Bonchev–Trinajstić information content (AvgIpc) is 2.04. The van der Waals surface area contributed by atoms with Crippen molar-refractivity contribution in [3.8, 4) is 0 Å². The summed E-state index contributed by atoms with van der Waals surface area (Å²) in [6.45, 7) is 3.44. The Labute approximate surface area is 82.6 Å². The lowest BCUT2D eigenvalue weighted by atomic mass is 9.92. The van der Waals surface area contributed by atoms with Crippen LogP contribution in [0, 0.1) is 0 Å². The molecule has 2 N–H and O–H groups in total.